The zero-order valence-electron chi connectivity index (χ0n) is 17.2. The molecular formula is C25H21NO3S2. The van der Waals surface area contributed by atoms with Crippen molar-refractivity contribution in [2.24, 2.45) is 0 Å². The first-order chi connectivity index (χ1) is 15.0. The van der Waals surface area contributed by atoms with Crippen LogP contribution in [0.1, 0.15) is 16.7 Å². The second-order valence-corrected chi connectivity index (χ2v) is 8.72. The number of ether oxygens (including phenoxy) is 2. The van der Waals surface area contributed by atoms with Gasteiger partial charge in [0.05, 0.1) is 17.7 Å². The first kappa shape index (κ1) is 21.2. The molecule has 156 valence electrons. The van der Waals surface area contributed by atoms with E-state index in [-0.39, 0.29) is 5.91 Å². The zero-order chi connectivity index (χ0) is 21.8. The molecule has 1 aliphatic rings. The lowest BCUT2D eigenvalue weighted by molar-refractivity contribution is -0.113. The number of thiocarbonyl (C=S) groups is 1. The molecule has 0 N–H and O–H groups in total. The molecule has 0 aliphatic carbocycles. The predicted octanol–water partition coefficient (Wildman–Crippen LogP) is 5.99. The Balaban J connectivity index is 1.53. The number of aryl methyl sites for hydroxylation is 1. The second-order valence-electron chi connectivity index (χ2n) is 7.04. The fourth-order valence-corrected chi connectivity index (χ4v) is 4.57. The fourth-order valence-electron chi connectivity index (χ4n) is 3.27. The van der Waals surface area contributed by atoms with Gasteiger partial charge in [0, 0.05) is 0 Å². The summed E-state index contributed by atoms with van der Waals surface area (Å²) in [6, 6.07) is 23.2. The van der Waals surface area contributed by atoms with E-state index in [9.17, 15) is 4.79 Å². The Bertz CT molecular complexity index is 1160. The number of thioether (sulfide) groups is 1. The molecule has 0 aromatic heterocycles. The highest BCUT2D eigenvalue weighted by atomic mass is 32.2. The minimum Gasteiger partial charge on any atom is -0.493 e. The predicted molar refractivity (Wildman–Crippen MR) is 131 cm³/mol. The highest BCUT2D eigenvalue weighted by Crippen LogP contribution is 2.37. The lowest BCUT2D eigenvalue weighted by Gasteiger charge is -2.14. The van der Waals surface area contributed by atoms with Gasteiger partial charge in [-0.25, -0.2) is 0 Å². The molecule has 31 heavy (non-hydrogen) atoms. The molecule has 0 spiro atoms. The van der Waals surface area contributed by atoms with E-state index in [4.69, 9.17) is 21.7 Å². The standard InChI is InChI=1S/C25H21NO3S2/c1-17-7-6-8-19(13-17)16-29-21-12-11-18(14-22(21)28-2)15-23-24(27)26(25(30)31-23)20-9-4-3-5-10-20/h3-15H,16H2,1-2H3/b23-15+. The van der Waals surface area contributed by atoms with Crippen molar-refractivity contribution in [3.05, 3.63) is 94.4 Å². The van der Waals surface area contributed by atoms with Gasteiger partial charge in [0.25, 0.3) is 5.91 Å². The summed E-state index contributed by atoms with van der Waals surface area (Å²) in [5.41, 5.74) is 3.89. The summed E-state index contributed by atoms with van der Waals surface area (Å²) >= 11 is 6.73. The van der Waals surface area contributed by atoms with Crippen molar-refractivity contribution in [3.8, 4) is 11.5 Å². The van der Waals surface area contributed by atoms with Crippen LogP contribution < -0.4 is 14.4 Å². The van der Waals surface area contributed by atoms with E-state index >= 15 is 0 Å². The topological polar surface area (TPSA) is 38.8 Å². The van der Waals surface area contributed by atoms with Gasteiger partial charge in [0.1, 0.15) is 6.61 Å². The molecule has 1 fully saturated rings. The van der Waals surface area contributed by atoms with E-state index in [0.29, 0.717) is 27.3 Å². The number of benzene rings is 3. The van der Waals surface area contributed by atoms with Crippen LogP contribution in [-0.2, 0) is 11.4 Å². The first-order valence-electron chi connectivity index (χ1n) is 9.74. The summed E-state index contributed by atoms with van der Waals surface area (Å²) in [4.78, 5) is 15.1. The normalized spacial score (nSPS) is 14.9. The van der Waals surface area contributed by atoms with Gasteiger partial charge in [-0.05, 0) is 48.4 Å². The quantitative estimate of drug-likeness (QED) is 0.343. The summed E-state index contributed by atoms with van der Waals surface area (Å²) in [6.45, 7) is 2.51. The van der Waals surface area contributed by atoms with Gasteiger partial charge in [0.2, 0.25) is 0 Å². The van der Waals surface area contributed by atoms with Crippen molar-refractivity contribution in [1.82, 2.24) is 0 Å². The summed E-state index contributed by atoms with van der Waals surface area (Å²) in [5.74, 6) is 1.14. The molecule has 6 heteroatoms. The fraction of sp³-hybridized carbons (Fsp3) is 0.120. The van der Waals surface area contributed by atoms with Gasteiger partial charge in [0.15, 0.2) is 15.8 Å². The van der Waals surface area contributed by atoms with Gasteiger partial charge in [-0.15, -0.1) is 0 Å². The van der Waals surface area contributed by atoms with Crippen molar-refractivity contribution >= 4 is 46.0 Å². The number of para-hydroxylation sites is 1. The average molecular weight is 448 g/mol. The van der Waals surface area contributed by atoms with Crippen molar-refractivity contribution in [2.75, 3.05) is 12.0 Å². The Kier molecular flexibility index (Phi) is 6.39. The lowest BCUT2D eigenvalue weighted by Crippen LogP contribution is -2.27. The summed E-state index contributed by atoms with van der Waals surface area (Å²) in [5, 5.41) is 0. The molecule has 1 heterocycles. The third-order valence-corrected chi connectivity index (χ3v) is 6.07. The molecule has 1 amide bonds. The highest BCUT2D eigenvalue weighted by Gasteiger charge is 2.33. The minimum absolute atomic E-state index is 0.125. The van der Waals surface area contributed by atoms with Crippen molar-refractivity contribution in [2.45, 2.75) is 13.5 Å². The second kappa shape index (κ2) is 9.37. The number of rotatable bonds is 6. The van der Waals surface area contributed by atoms with Crippen LogP contribution in [0, 0.1) is 6.92 Å². The van der Waals surface area contributed by atoms with Crippen molar-refractivity contribution < 1.29 is 14.3 Å². The van der Waals surface area contributed by atoms with Gasteiger partial charge in [-0.2, -0.15) is 0 Å². The monoisotopic (exact) mass is 447 g/mol. The molecule has 0 saturated carbocycles. The van der Waals surface area contributed by atoms with E-state index in [1.54, 1.807) is 12.0 Å². The van der Waals surface area contributed by atoms with E-state index in [2.05, 4.69) is 19.1 Å². The molecule has 1 saturated heterocycles. The number of amides is 1. The van der Waals surface area contributed by atoms with Crippen LogP contribution in [-0.4, -0.2) is 17.3 Å². The van der Waals surface area contributed by atoms with Gasteiger partial charge in [-0.1, -0.05) is 78.1 Å². The molecule has 0 radical (unpaired) electrons. The number of hydrogen-bond donors (Lipinski definition) is 0. The van der Waals surface area contributed by atoms with E-state index in [1.807, 2.05) is 66.7 Å². The van der Waals surface area contributed by atoms with E-state index < -0.39 is 0 Å². The molecule has 4 rings (SSSR count). The summed E-state index contributed by atoms with van der Waals surface area (Å²) in [6.07, 6.45) is 1.83. The van der Waals surface area contributed by atoms with Gasteiger partial charge >= 0.3 is 0 Å². The molecule has 0 bridgehead atoms. The van der Waals surface area contributed by atoms with Crippen LogP contribution in [0.2, 0.25) is 0 Å². The van der Waals surface area contributed by atoms with E-state index in [0.717, 1.165) is 16.8 Å². The third-order valence-electron chi connectivity index (χ3n) is 4.77. The van der Waals surface area contributed by atoms with E-state index in [1.165, 1.54) is 17.3 Å². The number of methoxy groups -OCH3 is 1. The Morgan fingerprint density at radius 2 is 1.81 bits per heavy atom. The number of carbonyl (C=O) groups excluding carboxylic acids is 1. The first-order valence-corrected chi connectivity index (χ1v) is 11.0. The van der Waals surface area contributed by atoms with Crippen LogP contribution in [0.25, 0.3) is 6.08 Å². The molecule has 0 unspecified atom stereocenters. The third kappa shape index (κ3) is 4.81. The molecule has 0 atom stereocenters. The Labute approximate surface area is 191 Å². The number of hydrogen-bond acceptors (Lipinski definition) is 5. The maximum absolute atomic E-state index is 12.9. The zero-order valence-corrected chi connectivity index (χ0v) is 18.8. The Morgan fingerprint density at radius 3 is 2.55 bits per heavy atom. The molecular weight excluding hydrogens is 426 g/mol. The Hall–Kier alpha value is -3.09. The highest BCUT2D eigenvalue weighted by molar-refractivity contribution is 8.27. The van der Waals surface area contributed by atoms with Crippen LogP contribution in [0.15, 0.2) is 77.7 Å². The average Bonchev–Trinajstić information content (AvgIpc) is 3.06. The SMILES string of the molecule is COc1cc(/C=C2/SC(=S)N(c3ccccc3)C2=O)ccc1OCc1cccc(C)c1. The van der Waals surface area contributed by atoms with Crippen LogP contribution in [0.4, 0.5) is 5.69 Å². The van der Waals surface area contributed by atoms with Crippen molar-refractivity contribution in [3.63, 3.8) is 0 Å². The molecule has 3 aromatic carbocycles. The maximum atomic E-state index is 12.9. The molecule has 4 nitrogen and oxygen atoms in total. The molecule has 3 aromatic rings. The van der Waals surface area contributed by atoms with Crippen LogP contribution >= 0.6 is 24.0 Å². The molecule has 1 aliphatic heterocycles. The smallest absolute Gasteiger partial charge is 0.270 e. The number of carbonyl (C=O) groups is 1. The van der Waals surface area contributed by atoms with Crippen molar-refractivity contribution in [1.29, 1.82) is 0 Å². The minimum atomic E-state index is -0.125. The lowest BCUT2D eigenvalue weighted by atomic mass is 10.1. The summed E-state index contributed by atoms with van der Waals surface area (Å²) < 4.78 is 12.0. The maximum Gasteiger partial charge on any atom is 0.270 e. The number of nitrogens with zero attached hydrogens (tertiary/aromatic N) is 1. The van der Waals surface area contributed by atoms with Gasteiger partial charge < -0.3 is 9.47 Å². The Morgan fingerprint density at radius 1 is 1.00 bits per heavy atom. The largest absolute Gasteiger partial charge is 0.493 e. The number of anilines is 1. The van der Waals surface area contributed by atoms with Gasteiger partial charge in [-0.3, -0.25) is 9.69 Å². The van der Waals surface area contributed by atoms with Crippen LogP contribution in [0.3, 0.4) is 0 Å². The summed E-state index contributed by atoms with van der Waals surface area (Å²) in [7, 11) is 1.60. The van der Waals surface area contributed by atoms with Crippen LogP contribution in [0.5, 0.6) is 11.5 Å².